The molecule has 1 saturated heterocycles. The highest BCUT2D eigenvalue weighted by atomic mass is 35.5. The van der Waals surface area contributed by atoms with Crippen molar-refractivity contribution in [1.82, 2.24) is 10.6 Å². The molecule has 0 aromatic rings. The lowest BCUT2D eigenvalue weighted by Gasteiger charge is -2.24. The molecule has 0 bridgehead atoms. The third-order valence-electron chi connectivity index (χ3n) is 2.84. The van der Waals surface area contributed by atoms with Crippen LogP contribution >= 0.6 is 12.4 Å². The van der Waals surface area contributed by atoms with Crippen molar-refractivity contribution < 1.29 is 14.3 Å². The predicted molar refractivity (Wildman–Crippen MR) is 67.1 cm³/mol. The van der Waals surface area contributed by atoms with Crippen LogP contribution in [0, 0.1) is 0 Å². The monoisotopic (exact) mass is 264 g/mol. The number of ether oxygens (including phenoxy) is 1. The van der Waals surface area contributed by atoms with Crippen molar-refractivity contribution in [3.05, 3.63) is 0 Å². The maximum Gasteiger partial charge on any atom is 0.328 e. The van der Waals surface area contributed by atoms with E-state index in [1.54, 1.807) is 0 Å². The molecule has 1 amide bonds. The molecule has 0 radical (unpaired) electrons. The number of piperidine rings is 1. The molecule has 5 nitrogen and oxygen atoms in total. The maximum atomic E-state index is 11.8. The topological polar surface area (TPSA) is 67.4 Å². The lowest BCUT2D eigenvalue weighted by molar-refractivity contribution is -0.145. The summed E-state index contributed by atoms with van der Waals surface area (Å²) in [6, 6.07) is -0.686. The zero-order valence-corrected chi connectivity index (χ0v) is 11.1. The second kappa shape index (κ2) is 8.31. The summed E-state index contributed by atoms with van der Waals surface area (Å²) in [6.45, 7) is 2.71. The second-order valence-corrected chi connectivity index (χ2v) is 4.00. The number of carbonyl (C=O) groups excluding carboxylic acids is 2. The van der Waals surface area contributed by atoms with E-state index in [-0.39, 0.29) is 30.3 Å². The van der Waals surface area contributed by atoms with E-state index in [0.29, 0.717) is 6.42 Å². The predicted octanol–water partition coefficient (Wildman–Crippen LogP) is 0.618. The normalized spacial score (nSPS) is 20.9. The van der Waals surface area contributed by atoms with Gasteiger partial charge in [0, 0.05) is 0 Å². The lowest BCUT2D eigenvalue weighted by atomic mass is 10.0. The van der Waals surface area contributed by atoms with Gasteiger partial charge >= 0.3 is 5.97 Å². The molecule has 6 heteroatoms. The van der Waals surface area contributed by atoms with Crippen LogP contribution in [-0.2, 0) is 14.3 Å². The van der Waals surface area contributed by atoms with Crippen LogP contribution in [-0.4, -0.2) is 37.6 Å². The minimum absolute atomic E-state index is 0. The molecule has 2 atom stereocenters. The van der Waals surface area contributed by atoms with Crippen LogP contribution in [0.4, 0.5) is 0 Å². The average molecular weight is 265 g/mol. The Bertz CT molecular complexity index is 255. The third kappa shape index (κ3) is 4.91. The summed E-state index contributed by atoms with van der Waals surface area (Å²) in [7, 11) is 1.33. The van der Waals surface area contributed by atoms with Crippen molar-refractivity contribution in [2.75, 3.05) is 13.7 Å². The molecule has 17 heavy (non-hydrogen) atoms. The number of methoxy groups -OCH3 is 1. The molecular formula is C11H21ClN2O3. The van der Waals surface area contributed by atoms with Gasteiger partial charge in [-0.2, -0.15) is 0 Å². The van der Waals surface area contributed by atoms with Gasteiger partial charge in [0.1, 0.15) is 6.04 Å². The van der Waals surface area contributed by atoms with Gasteiger partial charge in [-0.05, 0) is 25.8 Å². The van der Waals surface area contributed by atoms with E-state index in [2.05, 4.69) is 15.4 Å². The summed E-state index contributed by atoms with van der Waals surface area (Å²) in [6.07, 6.45) is 3.55. The van der Waals surface area contributed by atoms with Gasteiger partial charge in [-0.15, -0.1) is 12.4 Å². The molecule has 100 valence electrons. The molecule has 0 spiro atoms. The molecule has 0 aromatic heterocycles. The zero-order valence-electron chi connectivity index (χ0n) is 10.3. The van der Waals surface area contributed by atoms with Gasteiger partial charge in [-0.3, -0.25) is 4.79 Å². The Kier molecular flexibility index (Phi) is 7.91. The van der Waals surface area contributed by atoms with Crippen molar-refractivity contribution in [1.29, 1.82) is 0 Å². The van der Waals surface area contributed by atoms with Gasteiger partial charge in [0.25, 0.3) is 0 Å². The van der Waals surface area contributed by atoms with Crippen LogP contribution in [0.1, 0.15) is 32.6 Å². The fourth-order valence-corrected chi connectivity index (χ4v) is 1.82. The maximum absolute atomic E-state index is 11.8. The number of hydrogen-bond donors (Lipinski definition) is 2. The number of rotatable bonds is 4. The summed E-state index contributed by atoms with van der Waals surface area (Å²) in [5.74, 6) is -0.483. The van der Waals surface area contributed by atoms with E-state index in [4.69, 9.17) is 0 Å². The summed E-state index contributed by atoms with van der Waals surface area (Å²) in [4.78, 5) is 23.1. The van der Waals surface area contributed by atoms with Crippen LogP contribution in [0.2, 0.25) is 0 Å². The first kappa shape index (κ1) is 16.2. The Morgan fingerprint density at radius 2 is 2.18 bits per heavy atom. The Balaban J connectivity index is 0.00000256. The molecule has 0 aromatic carbocycles. The summed E-state index contributed by atoms with van der Waals surface area (Å²) in [5, 5.41) is 5.85. The number of esters is 1. The molecule has 0 aliphatic carbocycles. The highest BCUT2D eigenvalue weighted by Gasteiger charge is 2.25. The molecular weight excluding hydrogens is 244 g/mol. The van der Waals surface area contributed by atoms with Crippen LogP contribution in [0.3, 0.4) is 0 Å². The van der Waals surface area contributed by atoms with E-state index in [1.165, 1.54) is 7.11 Å². The van der Waals surface area contributed by atoms with E-state index in [1.807, 2.05) is 6.92 Å². The Labute approximate surface area is 108 Å². The number of amides is 1. The summed E-state index contributed by atoms with van der Waals surface area (Å²) in [5.41, 5.74) is 0. The number of nitrogens with one attached hydrogen (secondary N) is 2. The van der Waals surface area contributed by atoms with Gasteiger partial charge in [0.2, 0.25) is 5.91 Å². The first-order valence-electron chi connectivity index (χ1n) is 5.80. The largest absolute Gasteiger partial charge is 0.467 e. The van der Waals surface area contributed by atoms with Crippen molar-refractivity contribution in [2.45, 2.75) is 44.7 Å². The molecule has 1 rings (SSSR count). The third-order valence-corrected chi connectivity index (χ3v) is 2.84. The average Bonchev–Trinajstić information content (AvgIpc) is 2.35. The SMILES string of the molecule is CCC(NC(=O)C1CCCCN1)C(=O)OC.Cl. The minimum atomic E-state index is -0.527. The molecule has 1 fully saturated rings. The Hall–Kier alpha value is -0.810. The number of hydrogen-bond acceptors (Lipinski definition) is 4. The number of carbonyl (C=O) groups is 2. The second-order valence-electron chi connectivity index (χ2n) is 4.00. The smallest absolute Gasteiger partial charge is 0.328 e. The van der Waals surface area contributed by atoms with Crippen LogP contribution in [0.5, 0.6) is 0 Å². The fraction of sp³-hybridized carbons (Fsp3) is 0.818. The quantitative estimate of drug-likeness (QED) is 0.731. The van der Waals surface area contributed by atoms with E-state index >= 15 is 0 Å². The van der Waals surface area contributed by atoms with Gasteiger partial charge < -0.3 is 15.4 Å². The van der Waals surface area contributed by atoms with E-state index < -0.39 is 6.04 Å². The highest BCUT2D eigenvalue weighted by Crippen LogP contribution is 2.07. The lowest BCUT2D eigenvalue weighted by Crippen LogP contribution is -2.51. The van der Waals surface area contributed by atoms with Gasteiger partial charge in [-0.1, -0.05) is 13.3 Å². The highest BCUT2D eigenvalue weighted by molar-refractivity contribution is 5.87. The molecule has 1 heterocycles. The standard InChI is InChI=1S/C11H20N2O3.ClH/c1-3-8(11(15)16-2)13-10(14)9-6-4-5-7-12-9;/h8-9,12H,3-7H2,1-2H3,(H,13,14);1H. The fourth-order valence-electron chi connectivity index (χ4n) is 1.82. The van der Waals surface area contributed by atoms with Crippen LogP contribution < -0.4 is 10.6 Å². The van der Waals surface area contributed by atoms with Crippen molar-refractivity contribution in [3.63, 3.8) is 0 Å². The first-order valence-corrected chi connectivity index (χ1v) is 5.80. The Morgan fingerprint density at radius 3 is 2.65 bits per heavy atom. The first-order chi connectivity index (χ1) is 7.69. The Morgan fingerprint density at radius 1 is 1.47 bits per heavy atom. The zero-order chi connectivity index (χ0) is 12.0. The molecule has 1 aliphatic rings. The number of halogens is 1. The summed E-state index contributed by atoms with van der Waals surface area (Å²) >= 11 is 0. The van der Waals surface area contributed by atoms with Gasteiger partial charge in [-0.25, -0.2) is 4.79 Å². The summed E-state index contributed by atoms with van der Waals surface area (Å²) < 4.78 is 4.62. The van der Waals surface area contributed by atoms with Crippen LogP contribution in [0.15, 0.2) is 0 Å². The van der Waals surface area contributed by atoms with Crippen LogP contribution in [0.25, 0.3) is 0 Å². The van der Waals surface area contributed by atoms with Crippen molar-refractivity contribution in [2.24, 2.45) is 0 Å². The molecule has 0 saturated carbocycles. The van der Waals surface area contributed by atoms with Gasteiger partial charge in [0.05, 0.1) is 13.2 Å². The van der Waals surface area contributed by atoms with Gasteiger partial charge in [0.15, 0.2) is 0 Å². The van der Waals surface area contributed by atoms with E-state index in [0.717, 1.165) is 25.8 Å². The minimum Gasteiger partial charge on any atom is -0.467 e. The molecule has 2 N–H and O–H groups in total. The van der Waals surface area contributed by atoms with Crippen molar-refractivity contribution >= 4 is 24.3 Å². The molecule has 2 unspecified atom stereocenters. The van der Waals surface area contributed by atoms with Crippen molar-refractivity contribution in [3.8, 4) is 0 Å². The molecule has 1 aliphatic heterocycles. The van der Waals surface area contributed by atoms with E-state index in [9.17, 15) is 9.59 Å².